The van der Waals surface area contributed by atoms with Gasteiger partial charge in [-0.1, -0.05) is 63.1 Å². The summed E-state index contributed by atoms with van der Waals surface area (Å²) in [4.78, 5) is 0.241. The molecule has 0 bridgehead atoms. The van der Waals surface area contributed by atoms with E-state index < -0.39 is 15.4 Å². The average molecular weight is 374 g/mol. The molecule has 0 saturated carbocycles. The Hall–Kier alpha value is -1.85. The number of rotatable bonds is 5. The van der Waals surface area contributed by atoms with Crippen LogP contribution in [0, 0.1) is 0 Å². The van der Waals surface area contributed by atoms with E-state index in [9.17, 15) is 13.5 Å². The summed E-state index contributed by atoms with van der Waals surface area (Å²) in [5.41, 5.74) is 1.26. The Balaban J connectivity index is 2.20. The Labute approximate surface area is 156 Å². The summed E-state index contributed by atoms with van der Waals surface area (Å²) in [6.45, 7) is 4.17. The number of hydrogen-bond acceptors (Lipinski definition) is 4. The molecule has 0 saturated heterocycles. The van der Waals surface area contributed by atoms with Crippen LogP contribution in [0.25, 0.3) is 0 Å². The molecule has 2 aromatic carbocycles. The lowest BCUT2D eigenvalue weighted by Gasteiger charge is -2.35. The minimum atomic E-state index is -3.51. The molecule has 2 aromatic rings. The van der Waals surface area contributed by atoms with Gasteiger partial charge in [-0.25, -0.2) is 8.42 Å². The van der Waals surface area contributed by atoms with Crippen LogP contribution in [0.3, 0.4) is 0 Å². The van der Waals surface area contributed by atoms with Gasteiger partial charge in [-0.2, -0.15) is 0 Å². The SMILES string of the molecule is CCCC[C@]1(CC)CS(=O)(=O)c2cc(O)ccc2[C@@H](c2ccccc2)N1. The topological polar surface area (TPSA) is 66.4 Å². The molecule has 0 unspecified atom stereocenters. The second-order valence-electron chi connectivity index (χ2n) is 7.21. The summed E-state index contributed by atoms with van der Waals surface area (Å²) in [7, 11) is -3.51. The number of phenolic OH excluding ortho intramolecular Hbond substituents is 1. The number of unbranched alkanes of at least 4 members (excludes halogenated alkanes) is 1. The predicted octanol–water partition coefficient (Wildman–Crippen LogP) is 4.20. The maximum atomic E-state index is 13.2. The standard InChI is InChI=1S/C21H27NO3S/c1-3-5-13-21(4-2)15-26(24,25)19-14-17(23)11-12-18(19)20(22-21)16-9-7-6-8-10-16/h6-12,14,20,22-23H,3-5,13,15H2,1-2H3/t20-,21-/m1/s1. The largest absolute Gasteiger partial charge is 0.508 e. The number of hydrogen-bond donors (Lipinski definition) is 2. The van der Waals surface area contributed by atoms with E-state index in [1.165, 1.54) is 6.07 Å². The van der Waals surface area contributed by atoms with Crippen molar-refractivity contribution in [1.29, 1.82) is 0 Å². The van der Waals surface area contributed by atoms with Gasteiger partial charge in [-0.3, -0.25) is 5.32 Å². The Morgan fingerprint density at radius 1 is 1.15 bits per heavy atom. The van der Waals surface area contributed by atoms with E-state index in [0.717, 1.165) is 31.2 Å². The highest BCUT2D eigenvalue weighted by Crippen LogP contribution is 2.39. The van der Waals surface area contributed by atoms with Gasteiger partial charge in [0.1, 0.15) is 5.75 Å². The molecule has 0 amide bonds. The summed E-state index contributed by atoms with van der Waals surface area (Å²) in [6.07, 6.45) is 3.53. The first-order valence-electron chi connectivity index (χ1n) is 9.29. The maximum absolute atomic E-state index is 13.2. The van der Waals surface area contributed by atoms with Gasteiger partial charge in [0.25, 0.3) is 0 Å². The van der Waals surface area contributed by atoms with Crippen LogP contribution in [0.4, 0.5) is 0 Å². The Bertz CT molecular complexity index is 864. The molecule has 4 nitrogen and oxygen atoms in total. The number of fused-ring (bicyclic) bond motifs is 1. The smallest absolute Gasteiger partial charge is 0.180 e. The van der Waals surface area contributed by atoms with Crippen LogP contribution in [0.5, 0.6) is 5.75 Å². The van der Waals surface area contributed by atoms with Gasteiger partial charge in [0.2, 0.25) is 0 Å². The molecular formula is C21H27NO3S. The monoisotopic (exact) mass is 373 g/mol. The number of phenols is 1. The van der Waals surface area contributed by atoms with E-state index >= 15 is 0 Å². The summed E-state index contributed by atoms with van der Waals surface area (Å²) < 4.78 is 26.4. The second kappa shape index (κ2) is 7.41. The first kappa shape index (κ1) is 18.9. The van der Waals surface area contributed by atoms with Crippen molar-refractivity contribution in [2.45, 2.75) is 56.0 Å². The summed E-state index contributed by atoms with van der Waals surface area (Å²) >= 11 is 0. The fraction of sp³-hybridized carbons (Fsp3) is 0.429. The Morgan fingerprint density at radius 2 is 1.88 bits per heavy atom. The van der Waals surface area contributed by atoms with Crippen molar-refractivity contribution in [2.75, 3.05) is 5.75 Å². The zero-order valence-corrected chi connectivity index (χ0v) is 16.2. The number of aromatic hydroxyl groups is 1. The number of benzene rings is 2. The Morgan fingerprint density at radius 3 is 2.54 bits per heavy atom. The van der Waals surface area contributed by atoms with Gasteiger partial charge >= 0.3 is 0 Å². The average Bonchev–Trinajstić information content (AvgIpc) is 2.74. The second-order valence-corrected chi connectivity index (χ2v) is 9.16. The van der Waals surface area contributed by atoms with Gasteiger partial charge in [0, 0.05) is 5.54 Å². The molecule has 26 heavy (non-hydrogen) atoms. The third-order valence-corrected chi connectivity index (χ3v) is 7.33. The summed E-state index contributed by atoms with van der Waals surface area (Å²) in [5.74, 6) is 0.0349. The first-order valence-corrected chi connectivity index (χ1v) is 10.9. The molecule has 1 aliphatic heterocycles. The van der Waals surface area contributed by atoms with Crippen LogP contribution < -0.4 is 5.32 Å². The molecular weight excluding hydrogens is 346 g/mol. The van der Waals surface area contributed by atoms with Crippen LogP contribution in [0.15, 0.2) is 53.4 Å². The molecule has 0 spiro atoms. The van der Waals surface area contributed by atoms with Crippen LogP contribution >= 0.6 is 0 Å². The molecule has 0 radical (unpaired) electrons. The van der Waals surface area contributed by atoms with Crippen LogP contribution in [-0.4, -0.2) is 24.8 Å². The number of nitrogens with one attached hydrogen (secondary N) is 1. The van der Waals surface area contributed by atoms with E-state index in [1.807, 2.05) is 37.3 Å². The molecule has 5 heteroatoms. The molecule has 1 heterocycles. The highest BCUT2D eigenvalue weighted by Gasteiger charge is 2.41. The zero-order valence-electron chi connectivity index (χ0n) is 15.4. The van der Waals surface area contributed by atoms with Gasteiger partial charge in [-0.15, -0.1) is 0 Å². The van der Waals surface area contributed by atoms with Crippen molar-refractivity contribution >= 4 is 9.84 Å². The van der Waals surface area contributed by atoms with E-state index in [4.69, 9.17) is 0 Å². The molecule has 1 aliphatic rings. The van der Waals surface area contributed by atoms with Crippen molar-refractivity contribution in [2.24, 2.45) is 0 Å². The van der Waals surface area contributed by atoms with Gasteiger partial charge in [0.05, 0.1) is 16.7 Å². The summed E-state index contributed by atoms with van der Waals surface area (Å²) in [6, 6.07) is 14.4. The normalized spacial score (nSPS) is 24.6. The fourth-order valence-corrected chi connectivity index (χ4v) is 6.01. The molecule has 3 rings (SSSR count). The maximum Gasteiger partial charge on any atom is 0.180 e. The molecule has 0 aliphatic carbocycles. The van der Waals surface area contributed by atoms with Gasteiger partial charge < -0.3 is 5.11 Å². The lowest BCUT2D eigenvalue weighted by molar-refractivity contribution is 0.295. The number of sulfone groups is 1. The van der Waals surface area contributed by atoms with Crippen molar-refractivity contribution < 1.29 is 13.5 Å². The summed E-state index contributed by atoms with van der Waals surface area (Å²) in [5, 5.41) is 13.6. The van der Waals surface area contributed by atoms with Crippen LogP contribution in [0.2, 0.25) is 0 Å². The Kier molecular flexibility index (Phi) is 5.39. The van der Waals surface area contributed by atoms with E-state index in [1.54, 1.807) is 12.1 Å². The van der Waals surface area contributed by atoms with E-state index in [-0.39, 0.29) is 22.4 Å². The van der Waals surface area contributed by atoms with E-state index in [2.05, 4.69) is 12.2 Å². The lowest BCUT2D eigenvalue weighted by Crippen LogP contribution is -2.50. The highest BCUT2D eigenvalue weighted by atomic mass is 32.2. The molecule has 2 N–H and O–H groups in total. The lowest BCUT2D eigenvalue weighted by atomic mass is 9.88. The minimum absolute atomic E-state index is 0.0170. The fourth-order valence-electron chi connectivity index (χ4n) is 3.85. The molecule has 140 valence electrons. The third kappa shape index (κ3) is 3.64. The van der Waals surface area contributed by atoms with Gasteiger partial charge in [0.15, 0.2) is 9.84 Å². The van der Waals surface area contributed by atoms with Crippen molar-refractivity contribution in [3.05, 3.63) is 59.7 Å². The molecule has 0 fully saturated rings. The van der Waals surface area contributed by atoms with Crippen LogP contribution in [-0.2, 0) is 9.84 Å². The third-order valence-electron chi connectivity index (χ3n) is 5.38. The molecule has 2 atom stereocenters. The predicted molar refractivity (Wildman–Crippen MR) is 104 cm³/mol. The van der Waals surface area contributed by atoms with Crippen molar-refractivity contribution in [3.8, 4) is 5.75 Å². The highest BCUT2D eigenvalue weighted by molar-refractivity contribution is 7.91. The quantitative estimate of drug-likeness (QED) is 0.824. The van der Waals surface area contributed by atoms with Crippen molar-refractivity contribution in [3.63, 3.8) is 0 Å². The first-order chi connectivity index (χ1) is 12.4. The van der Waals surface area contributed by atoms with Crippen LogP contribution in [0.1, 0.15) is 56.7 Å². The minimum Gasteiger partial charge on any atom is -0.508 e. The van der Waals surface area contributed by atoms with Crippen molar-refractivity contribution in [1.82, 2.24) is 5.32 Å². The zero-order chi connectivity index (χ0) is 18.8. The molecule has 0 aromatic heterocycles. The van der Waals surface area contributed by atoms with Gasteiger partial charge in [-0.05, 0) is 36.1 Å². The van der Waals surface area contributed by atoms with E-state index in [0.29, 0.717) is 5.56 Å².